The van der Waals surface area contributed by atoms with E-state index in [4.69, 9.17) is 11.6 Å². The number of carbonyl (C=O) groups excluding carboxylic acids is 1. The lowest BCUT2D eigenvalue weighted by atomic mass is 10.1. The van der Waals surface area contributed by atoms with Gasteiger partial charge in [0.1, 0.15) is 5.03 Å². The van der Waals surface area contributed by atoms with Gasteiger partial charge in [-0.05, 0) is 36.8 Å². The van der Waals surface area contributed by atoms with Crippen LogP contribution in [0.2, 0.25) is 5.02 Å². The zero-order valence-corrected chi connectivity index (χ0v) is 20.3. The largest absolute Gasteiger partial charge is 0.619 e. The van der Waals surface area contributed by atoms with Crippen LogP contribution in [0.25, 0.3) is 22.0 Å². The van der Waals surface area contributed by atoms with Gasteiger partial charge in [0.25, 0.3) is 15.9 Å². The van der Waals surface area contributed by atoms with E-state index in [1.54, 1.807) is 54.5 Å². The third kappa shape index (κ3) is 4.45. The van der Waals surface area contributed by atoms with Gasteiger partial charge in [-0.25, -0.2) is 18.4 Å². The fraction of sp³-hybridized carbons (Fsp3) is 0.217. The van der Waals surface area contributed by atoms with Gasteiger partial charge in [0.15, 0.2) is 12.4 Å². The molecule has 5 rings (SSSR count). The maximum atomic E-state index is 13.1. The lowest BCUT2D eigenvalue weighted by molar-refractivity contribution is -0.605. The Morgan fingerprint density at radius 2 is 1.83 bits per heavy atom. The number of carbonyl (C=O) groups is 1. The molecule has 1 amide bonds. The second kappa shape index (κ2) is 8.91. The highest BCUT2D eigenvalue weighted by Gasteiger charge is 2.32. The van der Waals surface area contributed by atoms with Gasteiger partial charge in [0, 0.05) is 71.7 Å². The summed E-state index contributed by atoms with van der Waals surface area (Å²) in [5.41, 5.74) is 2.94. The van der Waals surface area contributed by atoms with E-state index in [2.05, 4.69) is 15.0 Å². The van der Waals surface area contributed by atoms with E-state index >= 15 is 0 Å². The van der Waals surface area contributed by atoms with Gasteiger partial charge in [0.2, 0.25) is 5.82 Å². The molecule has 4 aromatic rings. The lowest BCUT2D eigenvalue weighted by Crippen LogP contribution is -2.50. The topological polar surface area (TPSA) is 126 Å². The first kappa shape index (κ1) is 23.2. The number of aromatic nitrogens is 4. The molecule has 1 aromatic carbocycles. The van der Waals surface area contributed by atoms with Crippen LogP contribution in [0.5, 0.6) is 0 Å². The monoisotopic (exact) mass is 512 g/mol. The number of nitrogens with zero attached hydrogens (tertiary/aromatic N) is 5. The maximum Gasteiger partial charge on any atom is 0.291 e. The normalized spacial score (nSPS) is 15.0. The Labute approximate surface area is 206 Å². The van der Waals surface area contributed by atoms with Crippen LogP contribution in [-0.4, -0.2) is 64.7 Å². The van der Waals surface area contributed by atoms with Gasteiger partial charge < -0.3 is 15.1 Å². The van der Waals surface area contributed by atoms with Crippen LogP contribution < -0.4 is 4.73 Å². The molecule has 0 bridgehead atoms. The Kier molecular flexibility index (Phi) is 5.91. The molecule has 12 heteroatoms. The molecule has 0 atom stereocenters. The van der Waals surface area contributed by atoms with Crippen LogP contribution in [0, 0.1) is 12.1 Å². The van der Waals surface area contributed by atoms with E-state index in [1.165, 1.54) is 16.7 Å². The quantitative estimate of drug-likeness (QED) is 0.330. The van der Waals surface area contributed by atoms with Crippen molar-refractivity contribution >= 4 is 38.4 Å². The first-order valence-corrected chi connectivity index (χ1v) is 12.6. The van der Waals surface area contributed by atoms with Crippen molar-refractivity contribution in [2.45, 2.75) is 11.9 Å². The minimum atomic E-state index is -3.75. The molecule has 0 spiro atoms. The molecule has 1 N–H and O–H groups in total. The Morgan fingerprint density at radius 1 is 1.11 bits per heavy atom. The molecule has 1 saturated heterocycles. The highest BCUT2D eigenvalue weighted by Crippen LogP contribution is 2.25. The van der Waals surface area contributed by atoms with E-state index in [0.29, 0.717) is 26.2 Å². The Morgan fingerprint density at radius 3 is 2.51 bits per heavy atom. The maximum absolute atomic E-state index is 13.1. The number of piperazine rings is 1. The predicted octanol–water partition coefficient (Wildman–Crippen LogP) is 2.37. The molecule has 0 saturated carbocycles. The van der Waals surface area contributed by atoms with Gasteiger partial charge >= 0.3 is 0 Å². The molecule has 0 radical (unpaired) electrons. The van der Waals surface area contributed by atoms with Crippen molar-refractivity contribution in [2.75, 3.05) is 26.2 Å². The number of amides is 1. The first-order chi connectivity index (χ1) is 16.7. The smallest absolute Gasteiger partial charge is 0.291 e. The summed E-state index contributed by atoms with van der Waals surface area (Å²) in [6.45, 7) is 2.55. The van der Waals surface area contributed by atoms with Crippen LogP contribution in [0.4, 0.5) is 0 Å². The van der Waals surface area contributed by atoms with E-state index < -0.39 is 10.0 Å². The van der Waals surface area contributed by atoms with Crippen LogP contribution in [0.1, 0.15) is 16.2 Å². The van der Waals surface area contributed by atoms with Crippen LogP contribution >= 0.6 is 11.6 Å². The van der Waals surface area contributed by atoms with Crippen LogP contribution in [-0.2, 0) is 10.0 Å². The van der Waals surface area contributed by atoms with E-state index in [-0.39, 0.29) is 42.9 Å². The number of H-pyrrole nitrogens is 1. The molecular weight excluding hydrogens is 492 g/mol. The number of aromatic amines is 1. The second-order valence-electron chi connectivity index (χ2n) is 8.26. The molecule has 1 aliphatic heterocycles. The number of aryl methyl sites for hydroxylation is 1. The number of pyridine rings is 1. The number of halogens is 1. The standard InChI is InChI=1S/C23H21ClN6O4S/c1-15-14-29(32)5-4-19(15)17-12-25-22(26-13-17)23(31)28-6-8-30(9-7-28)35(33,34)21-11-16-10-18(24)2-3-20(16)27-21/h2-5,10-14,27H,6-9H2,1H3. The van der Waals surface area contributed by atoms with Crippen molar-refractivity contribution in [3.63, 3.8) is 0 Å². The summed E-state index contributed by atoms with van der Waals surface area (Å²) in [4.78, 5) is 25.8. The molecule has 1 aliphatic rings. The van der Waals surface area contributed by atoms with Crippen molar-refractivity contribution in [1.82, 2.24) is 24.2 Å². The second-order valence-corrected chi connectivity index (χ2v) is 10.6. The average molecular weight is 513 g/mol. The summed E-state index contributed by atoms with van der Waals surface area (Å²) in [5.74, 6) is -0.332. The molecule has 10 nitrogen and oxygen atoms in total. The van der Waals surface area contributed by atoms with Crippen LogP contribution in [0.15, 0.2) is 60.1 Å². The number of fused-ring (bicyclic) bond motifs is 1. The minimum Gasteiger partial charge on any atom is -0.619 e. The van der Waals surface area contributed by atoms with Gasteiger partial charge in [-0.1, -0.05) is 11.6 Å². The van der Waals surface area contributed by atoms with Crippen molar-refractivity contribution in [2.24, 2.45) is 0 Å². The SMILES string of the molecule is Cc1c[n+]([O-])ccc1-c1cnc(C(=O)N2CCN(S(=O)(=O)c3cc4cc(Cl)ccc4[nH]3)CC2)nc1. The third-order valence-electron chi connectivity index (χ3n) is 5.99. The highest BCUT2D eigenvalue weighted by atomic mass is 35.5. The summed E-state index contributed by atoms with van der Waals surface area (Å²) >= 11 is 6.01. The fourth-order valence-electron chi connectivity index (χ4n) is 4.11. The summed E-state index contributed by atoms with van der Waals surface area (Å²) in [5, 5.41) is 12.7. The van der Waals surface area contributed by atoms with E-state index in [1.807, 2.05) is 0 Å². The molecule has 0 aliphatic carbocycles. The summed E-state index contributed by atoms with van der Waals surface area (Å²) in [7, 11) is -3.75. The number of nitrogens with one attached hydrogen (secondary N) is 1. The van der Waals surface area contributed by atoms with Gasteiger partial charge in [-0.15, -0.1) is 0 Å². The molecular formula is C23H21ClN6O4S. The lowest BCUT2D eigenvalue weighted by Gasteiger charge is -2.33. The molecule has 180 valence electrons. The Bertz CT molecular complexity index is 1530. The molecule has 35 heavy (non-hydrogen) atoms. The Hall–Kier alpha value is -3.54. The Balaban J connectivity index is 1.27. The fourth-order valence-corrected chi connectivity index (χ4v) is 5.73. The van der Waals surface area contributed by atoms with Crippen LogP contribution in [0.3, 0.4) is 0 Å². The summed E-state index contributed by atoms with van der Waals surface area (Å²) < 4.78 is 28.3. The number of rotatable bonds is 4. The number of benzene rings is 1. The van der Waals surface area contributed by atoms with Crippen molar-refractivity contribution in [3.8, 4) is 11.1 Å². The zero-order chi connectivity index (χ0) is 24.7. The number of sulfonamides is 1. The number of hydrogen-bond donors (Lipinski definition) is 1. The molecule has 0 unspecified atom stereocenters. The summed E-state index contributed by atoms with van der Waals surface area (Å²) in [6.07, 6.45) is 5.92. The van der Waals surface area contributed by atoms with Gasteiger partial charge in [0.05, 0.1) is 0 Å². The van der Waals surface area contributed by atoms with Crippen molar-refractivity contribution in [1.29, 1.82) is 0 Å². The van der Waals surface area contributed by atoms with Crippen molar-refractivity contribution in [3.05, 3.63) is 76.7 Å². The predicted molar refractivity (Wildman–Crippen MR) is 129 cm³/mol. The van der Waals surface area contributed by atoms with Gasteiger partial charge in [-0.3, -0.25) is 4.79 Å². The van der Waals surface area contributed by atoms with Crippen molar-refractivity contribution < 1.29 is 17.9 Å². The number of hydrogen-bond acceptors (Lipinski definition) is 6. The summed E-state index contributed by atoms with van der Waals surface area (Å²) in [6, 6.07) is 8.36. The molecule has 3 aromatic heterocycles. The first-order valence-electron chi connectivity index (χ1n) is 10.8. The van der Waals surface area contributed by atoms with E-state index in [0.717, 1.165) is 11.1 Å². The molecule has 1 fully saturated rings. The third-order valence-corrected chi connectivity index (χ3v) is 8.05. The minimum absolute atomic E-state index is 0.0324. The molecule has 4 heterocycles. The zero-order valence-electron chi connectivity index (χ0n) is 18.7. The highest BCUT2D eigenvalue weighted by molar-refractivity contribution is 7.89. The average Bonchev–Trinajstić information content (AvgIpc) is 3.28. The van der Waals surface area contributed by atoms with Gasteiger partial charge in [-0.2, -0.15) is 9.04 Å². The van der Waals surface area contributed by atoms with E-state index in [9.17, 15) is 18.4 Å².